The molecule has 0 saturated carbocycles. The summed E-state index contributed by atoms with van der Waals surface area (Å²) < 4.78 is 11.3. The third-order valence-electron chi connectivity index (χ3n) is 5.31. The second kappa shape index (κ2) is 11.5. The van der Waals surface area contributed by atoms with E-state index in [1.807, 2.05) is 84.9 Å². The molecule has 184 valence electrons. The van der Waals surface area contributed by atoms with E-state index < -0.39 is 0 Å². The number of carbonyl (C=O) groups is 2. The molecule has 0 fully saturated rings. The quantitative estimate of drug-likeness (QED) is 0.228. The molecule has 0 radical (unpaired) electrons. The first kappa shape index (κ1) is 24.1. The number of oxazole rings is 1. The van der Waals surface area contributed by atoms with Crippen LogP contribution >= 0.6 is 11.8 Å². The van der Waals surface area contributed by atoms with Gasteiger partial charge in [-0.1, -0.05) is 36.4 Å². The number of nitrogens with zero attached hydrogens (tertiary/aromatic N) is 1. The molecule has 2 N–H and O–H groups in total. The molecule has 0 aliphatic carbocycles. The molecule has 2 amide bonds. The number of nitrogens with one attached hydrogen (secondary N) is 2. The summed E-state index contributed by atoms with van der Waals surface area (Å²) >= 11 is 1.38. The Bertz CT molecular complexity index is 1480. The van der Waals surface area contributed by atoms with Crippen LogP contribution in [0, 0.1) is 0 Å². The van der Waals surface area contributed by atoms with E-state index >= 15 is 0 Å². The maximum atomic E-state index is 12.5. The first-order chi connectivity index (χ1) is 18.1. The van der Waals surface area contributed by atoms with Crippen molar-refractivity contribution in [3.63, 3.8) is 0 Å². The highest BCUT2D eigenvalue weighted by Gasteiger charge is 2.10. The van der Waals surface area contributed by atoms with Gasteiger partial charge in [0.25, 0.3) is 5.91 Å². The number of hydrogen-bond donors (Lipinski definition) is 2. The Labute approximate surface area is 217 Å². The molecule has 37 heavy (non-hydrogen) atoms. The summed E-state index contributed by atoms with van der Waals surface area (Å²) in [5, 5.41) is 5.72. The van der Waals surface area contributed by atoms with Crippen LogP contribution in [0.25, 0.3) is 22.6 Å². The molecule has 0 atom stereocenters. The minimum atomic E-state index is -0.259. The number of ether oxygens (including phenoxy) is 1. The Morgan fingerprint density at radius 2 is 1.54 bits per heavy atom. The fraction of sp³-hybridized carbons (Fsp3) is 0.0690. The number of amides is 2. The summed E-state index contributed by atoms with van der Waals surface area (Å²) in [5.41, 5.74) is 3.69. The highest BCUT2D eigenvalue weighted by molar-refractivity contribution is 8.00. The molecule has 1 heterocycles. The van der Waals surface area contributed by atoms with Gasteiger partial charge in [0.15, 0.2) is 12.2 Å². The van der Waals surface area contributed by atoms with E-state index in [0.29, 0.717) is 23.0 Å². The second-order valence-corrected chi connectivity index (χ2v) is 9.13. The molecule has 1 aromatic heterocycles. The monoisotopic (exact) mass is 509 g/mol. The van der Waals surface area contributed by atoms with Crippen LogP contribution in [0.2, 0.25) is 0 Å². The number of para-hydroxylation sites is 3. The summed E-state index contributed by atoms with van der Waals surface area (Å²) in [6.07, 6.45) is 0. The third kappa shape index (κ3) is 6.56. The minimum absolute atomic E-state index is 0.0883. The molecule has 0 spiro atoms. The molecule has 8 heteroatoms. The lowest BCUT2D eigenvalue weighted by Crippen LogP contribution is -2.20. The van der Waals surface area contributed by atoms with Crippen LogP contribution in [0.1, 0.15) is 0 Å². The maximum Gasteiger partial charge on any atom is 0.262 e. The van der Waals surface area contributed by atoms with Crippen molar-refractivity contribution < 1.29 is 18.7 Å². The maximum absolute atomic E-state index is 12.5. The molecule has 4 aromatic carbocycles. The first-order valence-corrected chi connectivity index (χ1v) is 12.6. The Morgan fingerprint density at radius 1 is 0.784 bits per heavy atom. The number of hydrogen-bond acceptors (Lipinski definition) is 6. The van der Waals surface area contributed by atoms with Gasteiger partial charge in [-0.05, 0) is 66.7 Å². The molecule has 0 saturated heterocycles. The van der Waals surface area contributed by atoms with Crippen LogP contribution in [-0.2, 0) is 9.59 Å². The molecule has 0 unspecified atom stereocenters. The van der Waals surface area contributed by atoms with Crippen LogP contribution in [-0.4, -0.2) is 29.2 Å². The zero-order valence-electron chi connectivity index (χ0n) is 19.7. The van der Waals surface area contributed by atoms with Crippen LogP contribution < -0.4 is 15.4 Å². The fourth-order valence-corrected chi connectivity index (χ4v) is 4.32. The van der Waals surface area contributed by atoms with Crippen molar-refractivity contribution in [2.45, 2.75) is 4.90 Å². The van der Waals surface area contributed by atoms with E-state index in [-0.39, 0.29) is 24.2 Å². The summed E-state index contributed by atoms with van der Waals surface area (Å²) in [6, 6.07) is 31.5. The topological polar surface area (TPSA) is 93.5 Å². The lowest BCUT2D eigenvalue weighted by molar-refractivity contribution is -0.118. The number of aromatic nitrogens is 1. The Kier molecular flexibility index (Phi) is 7.47. The molecule has 7 nitrogen and oxygen atoms in total. The summed E-state index contributed by atoms with van der Waals surface area (Å²) in [4.78, 5) is 30.1. The second-order valence-electron chi connectivity index (χ2n) is 8.08. The van der Waals surface area contributed by atoms with E-state index in [2.05, 4.69) is 15.6 Å². The first-order valence-electron chi connectivity index (χ1n) is 11.6. The van der Waals surface area contributed by atoms with Gasteiger partial charge in [0.05, 0.1) is 5.75 Å². The van der Waals surface area contributed by atoms with E-state index in [4.69, 9.17) is 9.15 Å². The summed E-state index contributed by atoms with van der Waals surface area (Å²) in [6.45, 7) is -0.0883. The largest absolute Gasteiger partial charge is 0.484 e. The van der Waals surface area contributed by atoms with Gasteiger partial charge in [0.1, 0.15) is 11.3 Å². The molecular formula is C29H23N3O4S. The third-order valence-corrected chi connectivity index (χ3v) is 6.30. The van der Waals surface area contributed by atoms with Gasteiger partial charge in [0.2, 0.25) is 11.8 Å². The van der Waals surface area contributed by atoms with Gasteiger partial charge in [-0.2, -0.15) is 0 Å². The Balaban J connectivity index is 1.10. The number of anilines is 2. The number of rotatable bonds is 9. The normalized spacial score (nSPS) is 10.7. The lowest BCUT2D eigenvalue weighted by Gasteiger charge is -2.09. The van der Waals surface area contributed by atoms with E-state index in [9.17, 15) is 9.59 Å². The van der Waals surface area contributed by atoms with Gasteiger partial charge < -0.3 is 19.8 Å². The smallest absolute Gasteiger partial charge is 0.262 e. The van der Waals surface area contributed by atoms with Crippen LogP contribution in [0.4, 0.5) is 11.4 Å². The molecule has 0 bridgehead atoms. The average Bonchev–Trinajstić information content (AvgIpc) is 3.36. The van der Waals surface area contributed by atoms with Crippen LogP contribution in [0.15, 0.2) is 112 Å². The van der Waals surface area contributed by atoms with Crippen molar-refractivity contribution in [1.29, 1.82) is 0 Å². The number of fused-ring (bicyclic) bond motifs is 1. The summed E-state index contributed by atoms with van der Waals surface area (Å²) in [5.74, 6) is 0.999. The van der Waals surface area contributed by atoms with Gasteiger partial charge >= 0.3 is 0 Å². The predicted molar refractivity (Wildman–Crippen MR) is 146 cm³/mol. The standard InChI is InChI=1S/C29H23N3O4S/c33-27(18-35-23-8-2-1-3-9-23)31-22-7-6-10-24(17-22)37-19-28(34)30-21-15-13-20(14-16-21)29-32-25-11-4-5-12-26(25)36-29/h1-17H,18-19H2,(H,30,34)(H,31,33). The molecule has 0 aliphatic rings. The number of benzene rings is 4. The van der Waals surface area contributed by atoms with Crippen LogP contribution in [0.5, 0.6) is 5.75 Å². The van der Waals surface area contributed by atoms with E-state index in [0.717, 1.165) is 21.6 Å². The fourth-order valence-electron chi connectivity index (χ4n) is 3.56. The van der Waals surface area contributed by atoms with Crippen molar-refractivity contribution >= 4 is 46.1 Å². The molecule has 0 aliphatic heterocycles. The Morgan fingerprint density at radius 3 is 2.35 bits per heavy atom. The summed E-state index contributed by atoms with van der Waals surface area (Å²) in [7, 11) is 0. The molecular weight excluding hydrogens is 486 g/mol. The van der Waals surface area contributed by atoms with Crippen molar-refractivity contribution in [1.82, 2.24) is 4.98 Å². The molecule has 5 rings (SSSR count). The average molecular weight is 510 g/mol. The number of thioether (sulfide) groups is 1. The van der Waals surface area contributed by atoms with Gasteiger partial charge in [-0.15, -0.1) is 11.8 Å². The zero-order chi connectivity index (χ0) is 25.5. The van der Waals surface area contributed by atoms with Crippen molar-refractivity contribution in [2.75, 3.05) is 23.0 Å². The predicted octanol–water partition coefficient (Wildman–Crippen LogP) is 6.24. The SMILES string of the molecule is O=C(COc1ccccc1)Nc1cccc(SCC(=O)Nc2ccc(-c3nc4ccccc4o3)cc2)c1. The lowest BCUT2D eigenvalue weighted by atomic mass is 10.2. The minimum Gasteiger partial charge on any atom is -0.484 e. The van der Waals surface area contributed by atoms with Crippen molar-refractivity contribution in [3.8, 4) is 17.2 Å². The number of carbonyl (C=O) groups excluding carboxylic acids is 2. The molecule has 5 aromatic rings. The van der Waals surface area contributed by atoms with Crippen molar-refractivity contribution in [3.05, 3.63) is 103 Å². The highest BCUT2D eigenvalue weighted by atomic mass is 32.2. The Hall–Kier alpha value is -4.56. The van der Waals surface area contributed by atoms with Gasteiger partial charge in [-0.3, -0.25) is 9.59 Å². The zero-order valence-corrected chi connectivity index (χ0v) is 20.5. The van der Waals surface area contributed by atoms with Crippen molar-refractivity contribution in [2.24, 2.45) is 0 Å². The highest BCUT2D eigenvalue weighted by Crippen LogP contribution is 2.26. The van der Waals surface area contributed by atoms with E-state index in [1.165, 1.54) is 11.8 Å². The van der Waals surface area contributed by atoms with Crippen LogP contribution in [0.3, 0.4) is 0 Å². The van der Waals surface area contributed by atoms with Gasteiger partial charge in [-0.25, -0.2) is 4.98 Å². The van der Waals surface area contributed by atoms with Gasteiger partial charge in [0, 0.05) is 21.8 Å². The van der Waals surface area contributed by atoms with E-state index in [1.54, 1.807) is 18.2 Å².